The van der Waals surface area contributed by atoms with Crippen LogP contribution in [0.25, 0.3) is 21.1 Å². The zero-order valence-electron chi connectivity index (χ0n) is 15.0. The third-order valence-corrected chi connectivity index (χ3v) is 7.06. The van der Waals surface area contributed by atoms with Crippen molar-refractivity contribution in [3.63, 3.8) is 0 Å². The maximum atomic E-state index is 12.9. The highest BCUT2D eigenvalue weighted by Crippen LogP contribution is 2.43. The molecule has 4 atom stereocenters. The topological polar surface area (TPSA) is 96.8 Å². The van der Waals surface area contributed by atoms with E-state index in [1.165, 1.54) is 4.90 Å². The molecule has 3 aliphatic rings. The normalized spacial score (nSPS) is 27.9. The molecule has 3 aromatic rings. The molecule has 0 aromatic carbocycles. The number of aliphatic hydroxyl groups is 1. The van der Waals surface area contributed by atoms with E-state index in [1.807, 2.05) is 35.0 Å². The first kappa shape index (κ1) is 17.5. The van der Waals surface area contributed by atoms with Gasteiger partial charge in [0.1, 0.15) is 29.4 Å². The molecule has 2 saturated heterocycles. The third-order valence-electron chi connectivity index (χ3n) is 5.31. The summed E-state index contributed by atoms with van der Waals surface area (Å²) in [6.07, 6.45) is -2.00. The summed E-state index contributed by atoms with van der Waals surface area (Å²) in [5.74, 6) is 0.401. The predicted octanol–water partition coefficient (Wildman–Crippen LogP) is 3.29. The summed E-state index contributed by atoms with van der Waals surface area (Å²) in [6.45, 7) is 0.189. The maximum Gasteiger partial charge on any atom is 0.327 e. The van der Waals surface area contributed by atoms with Crippen molar-refractivity contribution in [2.75, 3.05) is 11.9 Å². The summed E-state index contributed by atoms with van der Waals surface area (Å²) in [5, 5.41) is 16.9. The number of rotatable bonds is 2. The number of amides is 2. The van der Waals surface area contributed by atoms with Crippen LogP contribution in [0.5, 0.6) is 0 Å². The van der Waals surface area contributed by atoms with Gasteiger partial charge in [0.25, 0.3) is 0 Å². The van der Waals surface area contributed by atoms with Gasteiger partial charge in [-0.05, 0) is 22.9 Å². The van der Waals surface area contributed by atoms with E-state index in [2.05, 4.69) is 5.32 Å². The molecule has 0 unspecified atom stereocenters. The molecule has 8 nitrogen and oxygen atoms in total. The summed E-state index contributed by atoms with van der Waals surface area (Å²) >= 11 is 3.16. The highest BCUT2D eigenvalue weighted by molar-refractivity contribution is 7.14. The second-order valence-electron chi connectivity index (χ2n) is 7.06. The van der Waals surface area contributed by atoms with Gasteiger partial charge in [-0.25, -0.2) is 14.8 Å². The number of carbonyl (C=O) groups excluding carboxylic acids is 1. The maximum absolute atomic E-state index is 12.9. The average Bonchev–Trinajstić information content (AvgIpc) is 3.45. The molecule has 2 amide bonds. The molecule has 2 bridgehead atoms. The van der Waals surface area contributed by atoms with E-state index < -0.39 is 24.7 Å². The monoisotopic (exact) mass is 428 g/mol. The van der Waals surface area contributed by atoms with E-state index in [4.69, 9.17) is 19.4 Å². The molecule has 6 heterocycles. The molecule has 0 aliphatic carbocycles. The Balaban J connectivity index is 1.51. The van der Waals surface area contributed by atoms with Crippen LogP contribution in [0, 0.1) is 0 Å². The molecule has 10 heteroatoms. The Morgan fingerprint density at radius 2 is 1.86 bits per heavy atom. The van der Waals surface area contributed by atoms with Gasteiger partial charge in [0.2, 0.25) is 0 Å². The Bertz CT molecular complexity index is 1070. The number of hydrogen-bond donors (Lipinski definition) is 2. The van der Waals surface area contributed by atoms with Gasteiger partial charge in [0.15, 0.2) is 12.0 Å². The highest BCUT2D eigenvalue weighted by Gasteiger charge is 2.49. The summed E-state index contributed by atoms with van der Waals surface area (Å²) in [4.78, 5) is 26.0. The minimum Gasteiger partial charge on any atom is -0.390 e. The minimum atomic E-state index is -0.704. The van der Waals surface area contributed by atoms with Gasteiger partial charge in [-0.2, -0.15) is 0 Å². The first-order valence-corrected chi connectivity index (χ1v) is 11.0. The molecule has 2 fully saturated rings. The van der Waals surface area contributed by atoms with Crippen LogP contribution in [0.4, 0.5) is 10.6 Å². The van der Waals surface area contributed by atoms with E-state index in [9.17, 15) is 9.90 Å². The Labute approximate surface area is 173 Å². The summed E-state index contributed by atoms with van der Waals surface area (Å²) in [6, 6.07) is 7.58. The zero-order valence-corrected chi connectivity index (χ0v) is 16.7. The number of carbonyl (C=O) groups is 1. The number of nitrogens with zero attached hydrogens (tertiary/aromatic N) is 3. The van der Waals surface area contributed by atoms with E-state index >= 15 is 0 Å². The molecule has 0 spiro atoms. The smallest absolute Gasteiger partial charge is 0.327 e. The first-order chi connectivity index (χ1) is 14.2. The molecular formula is C19H16N4O4S2. The van der Waals surface area contributed by atoms with E-state index in [0.717, 1.165) is 21.1 Å². The van der Waals surface area contributed by atoms with Crippen molar-refractivity contribution in [2.24, 2.45) is 0 Å². The fourth-order valence-electron chi connectivity index (χ4n) is 3.95. The highest BCUT2D eigenvalue weighted by atomic mass is 32.1. The fraction of sp³-hybridized carbons (Fsp3) is 0.316. The van der Waals surface area contributed by atoms with E-state index in [1.54, 1.807) is 22.7 Å². The molecule has 2 N–H and O–H groups in total. The zero-order chi connectivity index (χ0) is 19.5. The quantitative estimate of drug-likeness (QED) is 0.650. The molecular weight excluding hydrogens is 412 g/mol. The molecule has 29 heavy (non-hydrogen) atoms. The summed E-state index contributed by atoms with van der Waals surface area (Å²) in [5.41, 5.74) is 2.05. The number of hydrogen-bond acceptors (Lipinski definition) is 8. The molecule has 6 rings (SSSR count). The third kappa shape index (κ3) is 2.71. The predicted molar refractivity (Wildman–Crippen MR) is 107 cm³/mol. The van der Waals surface area contributed by atoms with Crippen molar-refractivity contribution in [3.8, 4) is 21.1 Å². The molecule has 3 aliphatic heterocycles. The average molecular weight is 428 g/mol. The van der Waals surface area contributed by atoms with Crippen molar-refractivity contribution in [1.29, 1.82) is 0 Å². The second kappa shape index (κ2) is 6.57. The van der Waals surface area contributed by atoms with Crippen LogP contribution >= 0.6 is 22.7 Å². The van der Waals surface area contributed by atoms with Gasteiger partial charge in [-0.1, -0.05) is 12.1 Å². The van der Waals surface area contributed by atoms with Gasteiger partial charge in [0.05, 0.1) is 22.5 Å². The van der Waals surface area contributed by atoms with Crippen LogP contribution < -0.4 is 5.32 Å². The van der Waals surface area contributed by atoms with Gasteiger partial charge >= 0.3 is 6.03 Å². The van der Waals surface area contributed by atoms with Crippen LogP contribution in [-0.2, 0) is 9.47 Å². The first-order valence-electron chi connectivity index (χ1n) is 9.23. The fourth-order valence-corrected chi connectivity index (χ4v) is 5.38. The molecule has 3 aromatic heterocycles. The van der Waals surface area contributed by atoms with Crippen molar-refractivity contribution < 1.29 is 19.4 Å². The van der Waals surface area contributed by atoms with Crippen LogP contribution in [0.1, 0.15) is 18.3 Å². The molecule has 0 saturated carbocycles. The lowest BCUT2D eigenvalue weighted by Crippen LogP contribution is -2.49. The van der Waals surface area contributed by atoms with Crippen LogP contribution in [0.2, 0.25) is 0 Å². The van der Waals surface area contributed by atoms with Crippen molar-refractivity contribution in [1.82, 2.24) is 14.9 Å². The van der Waals surface area contributed by atoms with E-state index in [0.29, 0.717) is 17.9 Å². The number of aliphatic hydroxyl groups excluding tert-OH is 1. The summed E-state index contributed by atoms with van der Waals surface area (Å²) < 4.78 is 11.8. The number of anilines is 1. The van der Waals surface area contributed by atoms with E-state index in [-0.39, 0.29) is 12.6 Å². The largest absolute Gasteiger partial charge is 0.390 e. The minimum absolute atomic E-state index is 0.189. The van der Waals surface area contributed by atoms with Crippen molar-refractivity contribution in [2.45, 2.75) is 31.1 Å². The van der Waals surface area contributed by atoms with Crippen LogP contribution in [0.3, 0.4) is 0 Å². The number of fused-ring (bicyclic) bond motifs is 6. The van der Waals surface area contributed by atoms with Gasteiger partial charge in [-0.15, -0.1) is 22.7 Å². The Morgan fingerprint density at radius 3 is 2.55 bits per heavy atom. The molecule has 0 radical (unpaired) electrons. The van der Waals surface area contributed by atoms with Crippen LogP contribution in [-0.4, -0.2) is 51.0 Å². The van der Waals surface area contributed by atoms with Crippen LogP contribution in [0.15, 0.2) is 35.0 Å². The Hall–Kier alpha value is -2.37. The SMILES string of the molecule is O=C1Nc2nc(-c3cccs3)c(-c3cccs3)nc2[C@@H]2OC[C@H]3O[C@H](C[C@@H]3O)N12. The van der Waals surface area contributed by atoms with Gasteiger partial charge in [0, 0.05) is 6.42 Å². The Kier molecular flexibility index (Phi) is 3.96. The lowest BCUT2D eigenvalue weighted by atomic mass is 10.1. The number of nitrogens with one attached hydrogen (secondary N) is 1. The Morgan fingerprint density at radius 1 is 1.14 bits per heavy atom. The van der Waals surface area contributed by atoms with Crippen molar-refractivity contribution in [3.05, 3.63) is 40.7 Å². The van der Waals surface area contributed by atoms with Gasteiger partial charge in [-0.3, -0.25) is 10.2 Å². The lowest BCUT2D eigenvalue weighted by molar-refractivity contribution is -0.0703. The second-order valence-corrected chi connectivity index (χ2v) is 8.96. The van der Waals surface area contributed by atoms with Crippen molar-refractivity contribution >= 4 is 34.5 Å². The number of urea groups is 1. The lowest BCUT2D eigenvalue weighted by Gasteiger charge is -2.37. The number of ether oxygens (including phenoxy) is 2. The number of aromatic nitrogens is 2. The summed E-state index contributed by atoms with van der Waals surface area (Å²) in [7, 11) is 0. The standard InChI is InChI=1S/C19H16N4O4S2/c24-9-7-13-23-18(26-8-10(9)27-13)16-17(22-19(23)25)21-15(12-4-2-6-29-12)14(20-16)11-3-1-5-28-11/h1-6,9-10,13,18,24H,7-8H2,(H,21,22,25)/t9-,10+,13+,18-/m0/s1. The van der Waals surface area contributed by atoms with Gasteiger partial charge < -0.3 is 14.6 Å². The molecule has 148 valence electrons. The number of thiophene rings is 2.